The van der Waals surface area contributed by atoms with Crippen molar-refractivity contribution < 1.29 is 25.5 Å². The summed E-state index contributed by atoms with van der Waals surface area (Å²) in [4.78, 5) is 0. The molecule has 0 saturated carbocycles. The van der Waals surface area contributed by atoms with Crippen LogP contribution in [0.25, 0.3) is 0 Å². The molecule has 0 bridgehead atoms. The molecule has 0 aromatic rings. The average Bonchev–Trinajstić information content (AvgIpc) is 1.76. The molecule has 1 aliphatic heterocycles. The summed E-state index contributed by atoms with van der Waals surface area (Å²) in [6, 6.07) is 0. The van der Waals surface area contributed by atoms with E-state index in [1.54, 1.807) is 0 Å². The van der Waals surface area contributed by atoms with Gasteiger partial charge in [0.1, 0.15) is 0 Å². The van der Waals surface area contributed by atoms with E-state index < -0.39 is 23.7 Å². The van der Waals surface area contributed by atoms with Crippen LogP contribution < -0.4 is 0 Å². The van der Waals surface area contributed by atoms with Gasteiger partial charge in [0.15, 0.2) is 8.08 Å². The molecule has 3 nitrogen and oxygen atoms in total. The molecule has 0 amide bonds. The summed E-state index contributed by atoms with van der Waals surface area (Å²) < 4.78 is 59.7. The van der Waals surface area contributed by atoms with Gasteiger partial charge in [-0.3, -0.25) is 0 Å². The van der Waals surface area contributed by atoms with Crippen molar-refractivity contribution in [2.45, 2.75) is 5.51 Å². The molecule has 1 aliphatic rings. The van der Waals surface area contributed by atoms with E-state index in [4.69, 9.17) is 0 Å². The Morgan fingerprint density at radius 1 is 1.25 bits per heavy atom. The highest BCUT2D eigenvalue weighted by atomic mass is 32.2. The lowest BCUT2D eigenvalue weighted by atomic mass is 11.6. The second kappa shape index (κ2) is 3.37. The molecule has 0 spiro atoms. The first-order valence-corrected chi connectivity index (χ1v) is 12.3. The summed E-state index contributed by atoms with van der Waals surface area (Å²) >= 11 is 0. The molecule has 1 fully saturated rings. The lowest BCUT2D eigenvalue weighted by molar-refractivity contribution is -0.0499. The highest BCUT2D eigenvalue weighted by Crippen LogP contribution is 2.25. The average molecular weight is 261 g/mol. The molecular weight excluding hydrogens is 261 g/mol. The van der Waals surface area contributed by atoms with Crippen molar-refractivity contribution >= 4 is 43.9 Å². The Morgan fingerprint density at radius 3 is 2.00 bits per heavy atom. The fraction of sp³-hybridized carbons (Fsp3) is 1.00. The predicted molar refractivity (Wildman–Crippen MR) is 39.1 cm³/mol. The van der Waals surface area contributed by atoms with Crippen molar-refractivity contribution in [2.24, 2.45) is 0 Å². The first-order chi connectivity index (χ1) is 5.33. The Balaban J connectivity index is 2.60. The summed E-state index contributed by atoms with van der Waals surface area (Å²) in [6.45, 7) is 0. The van der Waals surface area contributed by atoms with Gasteiger partial charge in [0, 0.05) is 25.7 Å². The summed E-state index contributed by atoms with van der Waals surface area (Å²) in [7, 11) is -5.70. The highest BCUT2D eigenvalue weighted by molar-refractivity contribution is 7.92. The van der Waals surface area contributed by atoms with Crippen molar-refractivity contribution in [3.8, 4) is 0 Å². The molecule has 0 aromatic heterocycles. The van der Waals surface area contributed by atoms with Crippen molar-refractivity contribution in [2.75, 3.05) is 0 Å². The Labute approximate surface area is 75.2 Å². The fourth-order valence-corrected chi connectivity index (χ4v) is 16.0. The zero-order chi connectivity index (χ0) is 9.41. The van der Waals surface area contributed by atoms with E-state index in [-0.39, 0.29) is 0 Å². The molecule has 7 radical (unpaired) electrons. The molecule has 1 rings (SSSR count). The fourth-order valence-electron chi connectivity index (χ4n) is 0.312. The molecule has 65 valence electrons. The van der Waals surface area contributed by atoms with E-state index >= 15 is 0 Å². The summed E-state index contributed by atoms with van der Waals surface area (Å²) in [5.41, 5.74) is -5.25. The van der Waals surface area contributed by atoms with Gasteiger partial charge in [-0.05, 0) is 0 Å². The van der Waals surface area contributed by atoms with Gasteiger partial charge in [0.2, 0.25) is 0 Å². The smallest absolute Gasteiger partial charge is 0.318 e. The molecule has 1 heterocycles. The van der Waals surface area contributed by atoms with Crippen LogP contribution in [0.5, 0.6) is 0 Å². The number of halogens is 3. The summed E-state index contributed by atoms with van der Waals surface area (Å²) in [5, 5.41) is 0. The number of rotatable bonds is 2. The maximum absolute atomic E-state index is 11.7. The van der Waals surface area contributed by atoms with Gasteiger partial charge in [0.25, 0.3) is 0 Å². The molecule has 0 aliphatic carbocycles. The normalized spacial score (nSPS) is 20.6. The maximum atomic E-state index is 11.7. The Hall–Kier alpha value is 0.568. The van der Waals surface area contributed by atoms with Crippen LogP contribution in [-0.4, -0.2) is 47.7 Å². The van der Waals surface area contributed by atoms with E-state index in [0.29, 0.717) is 25.7 Å². The third-order valence-corrected chi connectivity index (χ3v) is 27.1. The van der Waals surface area contributed by atoms with E-state index in [9.17, 15) is 21.6 Å². The molecule has 11 heteroatoms. The Morgan fingerprint density at radius 2 is 1.75 bits per heavy atom. The van der Waals surface area contributed by atoms with Gasteiger partial charge in [-0.25, -0.2) is 0 Å². The molecule has 12 heavy (non-hydrogen) atoms. The van der Waals surface area contributed by atoms with Crippen molar-refractivity contribution in [1.82, 2.24) is 0 Å². The highest BCUT2D eigenvalue weighted by Gasteiger charge is 2.49. The van der Waals surface area contributed by atoms with Gasteiger partial charge >= 0.3 is 15.6 Å². The van der Waals surface area contributed by atoms with Crippen molar-refractivity contribution in [3.05, 3.63) is 0 Å². The van der Waals surface area contributed by atoms with Crippen LogP contribution in [0.2, 0.25) is 0 Å². The predicted octanol–water partition coefficient (Wildman–Crippen LogP) is -1.21. The molecular formula is CF3O3SSi4. The van der Waals surface area contributed by atoms with Gasteiger partial charge < -0.3 is 3.87 Å². The van der Waals surface area contributed by atoms with Crippen LogP contribution in [0.15, 0.2) is 0 Å². The largest absolute Gasteiger partial charge is 0.522 e. The topological polar surface area (TPSA) is 43.4 Å². The third kappa shape index (κ3) is 2.29. The third-order valence-electron chi connectivity index (χ3n) is 0.829. The van der Waals surface area contributed by atoms with Crippen LogP contribution in [0.3, 0.4) is 0 Å². The molecule has 0 atom stereocenters. The minimum atomic E-state index is -5.29. The monoisotopic (exact) mass is 261 g/mol. The number of alkyl halides is 3. The first kappa shape index (κ1) is 10.6. The van der Waals surface area contributed by atoms with Gasteiger partial charge in [-0.2, -0.15) is 21.6 Å². The minimum absolute atomic E-state index is 0.305. The zero-order valence-electron chi connectivity index (χ0n) is 5.27. The quantitative estimate of drug-likeness (QED) is 0.463. The SMILES string of the molecule is O=S(=O)(O[Si]1[Si][Si][Si]1)C(F)(F)F. The second-order valence-electron chi connectivity index (χ2n) is 1.69. The van der Waals surface area contributed by atoms with Gasteiger partial charge in [-0.15, -0.1) is 0 Å². The van der Waals surface area contributed by atoms with Gasteiger partial charge in [0.05, 0.1) is 0 Å². The van der Waals surface area contributed by atoms with Crippen LogP contribution in [0.1, 0.15) is 0 Å². The second-order valence-corrected chi connectivity index (χ2v) is 18.4. The lowest BCUT2D eigenvalue weighted by Gasteiger charge is -2.20. The van der Waals surface area contributed by atoms with Crippen molar-refractivity contribution in [1.29, 1.82) is 0 Å². The number of hydrogen-bond acceptors (Lipinski definition) is 3. The van der Waals surface area contributed by atoms with E-state index in [0.717, 1.165) is 0 Å². The lowest BCUT2D eigenvalue weighted by Crippen LogP contribution is -2.55. The molecule has 0 unspecified atom stereocenters. The Kier molecular flexibility index (Phi) is 2.99. The van der Waals surface area contributed by atoms with Crippen LogP contribution >= 0.6 is 0 Å². The van der Waals surface area contributed by atoms with E-state index in [2.05, 4.69) is 3.87 Å². The van der Waals surface area contributed by atoms with E-state index in [1.165, 1.54) is 0 Å². The standard InChI is InChI=1S/CF3O3SSi4/c2-1(3,4)8(5,6)7-12-10-9-11-12. The van der Waals surface area contributed by atoms with Crippen LogP contribution in [0, 0.1) is 0 Å². The van der Waals surface area contributed by atoms with Crippen LogP contribution in [0.4, 0.5) is 13.2 Å². The summed E-state index contributed by atoms with van der Waals surface area (Å²) in [5.74, 6) is 0. The maximum Gasteiger partial charge on any atom is 0.522 e. The minimum Gasteiger partial charge on any atom is -0.318 e. The van der Waals surface area contributed by atoms with E-state index in [1.807, 2.05) is 0 Å². The zero-order valence-corrected chi connectivity index (χ0v) is 10.1. The summed E-state index contributed by atoms with van der Waals surface area (Å²) in [6.07, 6.45) is 0. The molecule has 0 N–H and O–H groups in total. The first-order valence-electron chi connectivity index (χ1n) is 2.48. The van der Waals surface area contributed by atoms with Crippen LogP contribution in [-0.2, 0) is 14.0 Å². The Bertz CT molecular complexity index is 255. The molecule has 1 saturated heterocycles. The van der Waals surface area contributed by atoms with Crippen molar-refractivity contribution in [3.63, 3.8) is 0 Å². The van der Waals surface area contributed by atoms with Gasteiger partial charge in [-0.1, -0.05) is 0 Å². The molecule has 0 aromatic carbocycles. The number of hydrogen-bond donors (Lipinski definition) is 0.